The molecule has 0 saturated carbocycles. The van der Waals surface area contributed by atoms with Crippen molar-refractivity contribution in [2.45, 2.75) is 6.54 Å². The number of nitrogens with one attached hydrogen (secondary N) is 1. The van der Waals surface area contributed by atoms with Crippen molar-refractivity contribution in [3.8, 4) is 0 Å². The largest absolute Gasteiger partial charge is 0.399 e. The van der Waals surface area contributed by atoms with Crippen molar-refractivity contribution in [3.63, 3.8) is 0 Å². The molecule has 0 unspecified atom stereocenters. The molecule has 0 amide bonds. The second kappa shape index (κ2) is 1.73. The first kappa shape index (κ1) is 5.28. The topological polar surface area (TPSA) is 68.8 Å². The lowest BCUT2D eigenvalue weighted by Gasteiger charge is -2.10. The van der Waals surface area contributed by atoms with Gasteiger partial charge in [0.25, 0.3) is 0 Å². The Balaban J connectivity index is 2.39. The van der Waals surface area contributed by atoms with Gasteiger partial charge >= 0.3 is 0 Å². The predicted molar refractivity (Wildman–Crippen MR) is 35.9 cm³/mol. The molecule has 10 heavy (non-hydrogen) atoms. The molecule has 0 bridgehead atoms. The van der Waals surface area contributed by atoms with Gasteiger partial charge in [0.15, 0.2) is 0 Å². The molecule has 3 N–H and O–H groups in total. The highest BCUT2D eigenvalue weighted by Gasteiger charge is 2.07. The molecule has 0 aromatic carbocycles. The van der Waals surface area contributed by atoms with Gasteiger partial charge < -0.3 is 11.1 Å². The number of aromatic nitrogens is 3. The first-order chi connectivity index (χ1) is 4.86. The van der Waals surface area contributed by atoms with Crippen LogP contribution < -0.4 is 11.1 Å². The summed E-state index contributed by atoms with van der Waals surface area (Å²) >= 11 is 0. The molecule has 0 fully saturated rings. The van der Waals surface area contributed by atoms with Gasteiger partial charge in [0, 0.05) is 11.9 Å². The molecule has 0 atom stereocenters. The monoisotopic (exact) mass is 137 g/mol. The third-order valence-electron chi connectivity index (χ3n) is 1.33. The maximum Gasteiger partial charge on any atom is 0.225 e. The molecule has 1 aliphatic heterocycles. The fraction of sp³-hybridized carbons (Fsp3) is 0.200. The highest BCUT2D eigenvalue weighted by molar-refractivity contribution is 5.33. The number of hydrogen-bond acceptors (Lipinski definition) is 4. The van der Waals surface area contributed by atoms with E-state index in [4.69, 9.17) is 5.73 Å². The number of anilines is 1. The Morgan fingerprint density at radius 1 is 1.70 bits per heavy atom. The summed E-state index contributed by atoms with van der Waals surface area (Å²) < 4.78 is 1.70. The summed E-state index contributed by atoms with van der Waals surface area (Å²) in [5.41, 5.74) is 6.28. The lowest BCUT2D eigenvalue weighted by atomic mass is 10.4. The van der Waals surface area contributed by atoms with E-state index < -0.39 is 0 Å². The number of fused-ring (bicyclic) bond motifs is 1. The van der Waals surface area contributed by atoms with Gasteiger partial charge in [0.05, 0.1) is 6.54 Å². The Kier molecular flexibility index (Phi) is 0.913. The molecular weight excluding hydrogens is 130 g/mol. The molecule has 2 heterocycles. The minimum Gasteiger partial charge on any atom is -0.399 e. The minimum atomic E-state index is 0.627. The SMILES string of the molecule is NC1=CNc2ncnn2C1. The maximum atomic E-state index is 5.52. The van der Waals surface area contributed by atoms with Crippen LogP contribution in [0.4, 0.5) is 5.95 Å². The number of nitrogens with two attached hydrogens (primary N) is 1. The summed E-state index contributed by atoms with van der Waals surface area (Å²) in [6.45, 7) is 0.627. The smallest absolute Gasteiger partial charge is 0.225 e. The first-order valence-electron chi connectivity index (χ1n) is 2.95. The van der Waals surface area contributed by atoms with Crippen molar-refractivity contribution < 1.29 is 0 Å². The number of allylic oxidation sites excluding steroid dienone is 1. The van der Waals surface area contributed by atoms with E-state index in [9.17, 15) is 0 Å². The summed E-state index contributed by atoms with van der Waals surface area (Å²) in [4.78, 5) is 3.93. The molecule has 0 aliphatic carbocycles. The zero-order valence-corrected chi connectivity index (χ0v) is 5.28. The molecule has 1 aromatic heterocycles. The van der Waals surface area contributed by atoms with Gasteiger partial charge in [0.1, 0.15) is 6.33 Å². The Morgan fingerprint density at radius 2 is 2.60 bits per heavy atom. The van der Waals surface area contributed by atoms with E-state index in [1.165, 1.54) is 6.33 Å². The van der Waals surface area contributed by atoms with Crippen LogP contribution in [0.2, 0.25) is 0 Å². The summed E-state index contributed by atoms with van der Waals surface area (Å²) in [6, 6.07) is 0. The number of nitrogens with zero attached hydrogens (tertiary/aromatic N) is 3. The Labute approximate surface area is 57.5 Å². The maximum absolute atomic E-state index is 5.52. The highest BCUT2D eigenvalue weighted by atomic mass is 15.4. The highest BCUT2D eigenvalue weighted by Crippen LogP contribution is 2.07. The van der Waals surface area contributed by atoms with Crippen molar-refractivity contribution >= 4 is 5.95 Å². The lowest BCUT2D eigenvalue weighted by Crippen LogP contribution is -2.17. The number of hydrogen-bond donors (Lipinski definition) is 2. The Hall–Kier alpha value is -1.52. The molecule has 1 aliphatic rings. The van der Waals surface area contributed by atoms with Gasteiger partial charge in [-0.15, -0.1) is 0 Å². The second-order valence-corrected chi connectivity index (χ2v) is 2.10. The summed E-state index contributed by atoms with van der Waals surface area (Å²) in [7, 11) is 0. The quantitative estimate of drug-likeness (QED) is 0.506. The van der Waals surface area contributed by atoms with Crippen molar-refractivity contribution in [1.82, 2.24) is 14.8 Å². The molecule has 5 nitrogen and oxygen atoms in total. The molecule has 1 aromatic rings. The third kappa shape index (κ3) is 0.637. The van der Waals surface area contributed by atoms with Gasteiger partial charge in [-0.05, 0) is 0 Å². The van der Waals surface area contributed by atoms with Gasteiger partial charge in [-0.1, -0.05) is 0 Å². The second-order valence-electron chi connectivity index (χ2n) is 2.10. The van der Waals surface area contributed by atoms with Crippen molar-refractivity contribution in [1.29, 1.82) is 0 Å². The average Bonchev–Trinajstić information content (AvgIpc) is 2.33. The van der Waals surface area contributed by atoms with Gasteiger partial charge in [-0.2, -0.15) is 10.1 Å². The molecule has 0 radical (unpaired) electrons. The zero-order valence-electron chi connectivity index (χ0n) is 5.28. The molecular formula is C5H7N5. The molecule has 52 valence electrons. The van der Waals surface area contributed by atoms with Crippen LogP contribution in [0.25, 0.3) is 0 Å². The van der Waals surface area contributed by atoms with E-state index in [1.807, 2.05) is 0 Å². The summed E-state index contributed by atoms with van der Waals surface area (Å²) in [5, 5.41) is 6.82. The minimum absolute atomic E-state index is 0.627. The van der Waals surface area contributed by atoms with E-state index in [-0.39, 0.29) is 0 Å². The Morgan fingerprint density at radius 3 is 3.50 bits per heavy atom. The summed E-state index contributed by atoms with van der Waals surface area (Å²) in [6.07, 6.45) is 3.22. The number of rotatable bonds is 0. The lowest BCUT2D eigenvalue weighted by molar-refractivity contribution is 0.666. The average molecular weight is 137 g/mol. The first-order valence-corrected chi connectivity index (χ1v) is 2.95. The van der Waals surface area contributed by atoms with Crippen molar-refractivity contribution in [3.05, 3.63) is 18.2 Å². The molecule has 0 saturated heterocycles. The van der Waals surface area contributed by atoms with Crippen LogP contribution in [-0.4, -0.2) is 14.8 Å². The summed E-state index contributed by atoms with van der Waals surface area (Å²) in [5.74, 6) is 0.745. The Bertz CT molecular complexity index is 273. The molecule has 2 rings (SSSR count). The van der Waals surface area contributed by atoms with Gasteiger partial charge in [-0.25, -0.2) is 4.68 Å². The molecule has 0 spiro atoms. The van der Waals surface area contributed by atoms with Crippen LogP contribution in [0.15, 0.2) is 18.2 Å². The van der Waals surface area contributed by atoms with Crippen LogP contribution in [0, 0.1) is 0 Å². The molecule has 5 heteroatoms. The van der Waals surface area contributed by atoms with Crippen LogP contribution in [0.5, 0.6) is 0 Å². The van der Waals surface area contributed by atoms with Crippen LogP contribution in [0.1, 0.15) is 0 Å². The van der Waals surface area contributed by atoms with Crippen molar-refractivity contribution in [2.24, 2.45) is 5.73 Å². The fourth-order valence-electron chi connectivity index (χ4n) is 0.867. The normalized spacial score (nSPS) is 15.4. The van der Waals surface area contributed by atoms with E-state index in [0.717, 1.165) is 11.6 Å². The zero-order chi connectivity index (χ0) is 6.97. The van der Waals surface area contributed by atoms with E-state index in [0.29, 0.717) is 6.54 Å². The third-order valence-corrected chi connectivity index (χ3v) is 1.33. The van der Waals surface area contributed by atoms with Gasteiger partial charge in [-0.3, -0.25) is 0 Å². The van der Waals surface area contributed by atoms with E-state index in [2.05, 4.69) is 15.4 Å². The fourth-order valence-corrected chi connectivity index (χ4v) is 0.867. The van der Waals surface area contributed by atoms with Crippen LogP contribution in [0.3, 0.4) is 0 Å². The standard InChI is InChI=1S/C5H7N5/c6-4-1-7-5-8-3-9-10(5)2-4/h1,3H,2,6H2,(H,7,8,9). The van der Waals surface area contributed by atoms with E-state index >= 15 is 0 Å². The van der Waals surface area contributed by atoms with E-state index in [1.54, 1.807) is 10.9 Å². The van der Waals surface area contributed by atoms with Crippen molar-refractivity contribution in [2.75, 3.05) is 5.32 Å². The van der Waals surface area contributed by atoms with Crippen LogP contribution >= 0.6 is 0 Å². The van der Waals surface area contributed by atoms with Crippen LogP contribution in [-0.2, 0) is 6.54 Å². The van der Waals surface area contributed by atoms with Gasteiger partial charge in [0.2, 0.25) is 5.95 Å². The predicted octanol–water partition coefficient (Wildman–Crippen LogP) is -0.496.